The predicted octanol–water partition coefficient (Wildman–Crippen LogP) is 1.83. The predicted molar refractivity (Wildman–Crippen MR) is 72.5 cm³/mol. The van der Waals surface area contributed by atoms with Gasteiger partial charge >= 0.3 is 6.18 Å². The van der Waals surface area contributed by atoms with Gasteiger partial charge in [-0.2, -0.15) is 13.2 Å². The first kappa shape index (κ1) is 16.1. The molecule has 0 aliphatic rings. The summed E-state index contributed by atoms with van der Waals surface area (Å²) in [6.45, 7) is 4.27. The second-order valence-electron chi connectivity index (χ2n) is 4.39. The van der Waals surface area contributed by atoms with Crippen LogP contribution >= 0.6 is 0 Å². The molecule has 1 rings (SSSR count). The van der Waals surface area contributed by atoms with E-state index in [2.05, 4.69) is 20.6 Å². The summed E-state index contributed by atoms with van der Waals surface area (Å²) in [5, 5.41) is 5.49. The van der Waals surface area contributed by atoms with Crippen molar-refractivity contribution >= 4 is 11.8 Å². The third kappa shape index (κ3) is 5.33. The Bertz CT molecular complexity index is 457. The van der Waals surface area contributed by atoms with Crippen LogP contribution in [0.2, 0.25) is 0 Å². The van der Waals surface area contributed by atoms with Crippen LogP contribution in [0, 0.1) is 0 Å². The van der Waals surface area contributed by atoms with Crippen LogP contribution in [-0.2, 0) is 6.18 Å². The van der Waals surface area contributed by atoms with E-state index in [1.54, 1.807) is 0 Å². The molecule has 112 valence electrons. The van der Waals surface area contributed by atoms with Crippen molar-refractivity contribution < 1.29 is 13.2 Å². The largest absolute Gasteiger partial charge is 0.419 e. The van der Waals surface area contributed by atoms with Crippen molar-refractivity contribution in [1.82, 2.24) is 10.3 Å². The molecule has 4 N–H and O–H groups in total. The summed E-state index contributed by atoms with van der Waals surface area (Å²) in [5.41, 5.74) is 4.77. The highest BCUT2D eigenvalue weighted by Gasteiger charge is 2.33. The number of nitrogens with one attached hydrogen (secondary N) is 2. The fourth-order valence-electron chi connectivity index (χ4n) is 1.47. The molecule has 0 aromatic carbocycles. The normalized spacial score (nSPS) is 12.6. The van der Waals surface area contributed by atoms with E-state index >= 15 is 0 Å². The van der Waals surface area contributed by atoms with Gasteiger partial charge in [-0.1, -0.05) is 0 Å². The van der Waals surface area contributed by atoms with Gasteiger partial charge in [0, 0.05) is 18.8 Å². The maximum atomic E-state index is 12.7. The van der Waals surface area contributed by atoms with Crippen molar-refractivity contribution in [3.05, 3.63) is 23.9 Å². The van der Waals surface area contributed by atoms with Crippen LogP contribution in [-0.4, -0.2) is 30.1 Å². The van der Waals surface area contributed by atoms with Crippen LogP contribution in [0.4, 0.5) is 19.0 Å². The minimum atomic E-state index is -4.43. The first-order chi connectivity index (χ1) is 9.30. The number of nitrogens with zero attached hydrogens (tertiary/aromatic N) is 2. The number of alkyl halides is 3. The molecule has 0 radical (unpaired) electrons. The Morgan fingerprint density at radius 3 is 2.75 bits per heavy atom. The molecule has 0 bridgehead atoms. The van der Waals surface area contributed by atoms with E-state index in [0.29, 0.717) is 0 Å². The lowest BCUT2D eigenvalue weighted by atomic mass is 10.2. The molecule has 0 fully saturated rings. The first-order valence-electron chi connectivity index (χ1n) is 6.13. The van der Waals surface area contributed by atoms with Gasteiger partial charge in [0.15, 0.2) is 5.96 Å². The van der Waals surface area contributed by atoms with Gasteiger partial charge in [0.2, 0.25) is 0 Å². The molecule has 5 nitrogen and oxygen atoms in total. The van der Waals surface area contributed by atoms with E-state index in [9.17, 15) is 13.2 Å². The highest BCUT2D eigenvalue weighted by molar-refractivity contribution is 5.78. The van der Waals surface area contributed by atoms with E-state index in [1.165, 1.54) is 12.3 Å². The Balaban J connectivity index is 2.55. The van der Waals surface area contributed by atoms with Gasteiger partial charge in [-0.15, -0.1) is 0 Å². The van der Waals surface area contributed by atoms with Crippen molar-refractivity contribution in [3.63, 3.8) is 0 Å². The molecule has 20 heavy (non-hydrogen) atoms. The van der Waals surface area contributed by atoms with Crippen molar-refractivity contribution in [2.75, 3.05) is 18.4 Å². The van der Waals surface area contributed by atoms with Gasteiger partial charge in [-0.3, -0.25) is 4.99 Å². The fraction of sp³-hybridized carbons (Fsp3) is 0.500. The SMILES string of the molecule is CC(C)NC(N)=NCCNc1ncccc1C(F)(F)F. The van der Waals surface area contributed by atoms with Crippen LogP contribution in [0.25, 0.3) is 0 Å². The molecule has 0 atom stereocenters. The molecule has 0 aliphatic heterocycles. The second kappa shape index (κ2) is 6.97. The number of anilines is 1. The number of nitrogens with two attached hydrogens (primary N) is 1. The topological polar surface area (TPSA) is 75.3 Å². The lowest BCUT2D eigenvalue weighted by Gasteiger charge is -2.12. The van der Waals surface area contributed by atoms with E-state index in [0.717, 1.165) is 6.07 Å². The molecule has 0 spiro atoms. The lowest BCUT2D eigenvalue weighted by Crippen LogP contribution is -2.37. The van der Waals surface area contributed by atoms with Gasteiger partial charge in [-0.25, -0.2) is 4.98 Å². The molecule has 0 saturated heterocycles. The molecule has 1 aromatic rings. The van der Waals surface area contributed by atoms with Crippen molar-refractivity contribution in [2.45, 2.75) is 26.1 Å². The van der Waals surface area contributed by atoms with Crippen LogP contribution < -0.4 is 16.4 Å². The number of pyridine rings is 1. The first-order valence-corrected chi connectivity index (χ1v) is 6.13. The zero-order valence-corrected chi connectivity index (χ0v) is 11.3. The minimum absolute atomic E-state index is 0.152. The number of hydrogen-bond donors (Lipinski definition) is 3. The zero-order valence-electron chi connectivity index (χ0n) is 11.3. The molecule has 0 saturated carbocycles. The summed E-state index contributed by atoms with van der Waals surface area (Å²) in [6.07, 6.45) is -3.13. The summed E-state index contributed by atoms with van der Waals surface area (Å²) in [7, 11) is 0. The highest BCUT2D eigenvalue weighted by atomic mass is 19.4. The third-order valence-electron chi connectivity index (χ3n) is 2.24. The van der Waals surface area contributed by atoms with Crippen molar-refractivity contribution in [2.24, 2.45) is 10.7 Å². The molecule has 1 aromatic heterocycles. The number of rotatable bonds is 5. The van der Waals surface area contributed by atoms with E-state index in [-0.39, 0.29) is 30.9 Å². The number of aliphatic imine (C=N–C) groups is 1. The molecular formula is C12H18F3N5. The summed E-state index contributed by atoms with van der Waals surface area (Å²) < 4.78 is 38.1. The van der Waals surface area contributed by atoms with Crippen LogP contribution in [0.3, 0.4) is 0 Å². The fourth-order valence-corrected chi connectivity index (χ4v) is 1.47. The summed E-state index contributed by atoms with van der Waals surface area (Å²) in [6, 6.07) is 2.38. The van der Waals surface area contributed by atoms with Crippen molar-refractivity contribution in [3.8, 4) is 0 Å². The molecule has 1 heterocycles. The van der Waals surface area contributed by atoms with Gasteiger partial charge in [0.05, 0.1) is 12.1 Å². The van der Waals surface area contributed by atoms with Gasteiger partial charge in [0.25, 0.3) is 0 Å². The van der Waals surface area contributed by atoms with Crippen LogP contribution in [0.15, 0.2) is 23.3 Å². The van der Waals surface area contributed by atoms with Crippen LogP contribution in [0.1, 0.15) is 19.4 Å². The summed E-state index contributed by atoms with van der Waals surface area (Å²) in [5.74, 6) is 0.0597. The maximum Gasteiger partial charge on any atom is 0.419 e. The Labute approximate surface area is 115 Å². The van der Waals surface area contributed by atoms with Crippen molar-refractivity contribution in [1.29, 1.82) is 0 Å². The molecule has 0 aliphatic carbocycles. The van der Waals surface area contributed by atoms with E-state index in [4.69, 9.17) is 5.73 Å². The average Bonchev–Trinajstić information content (AvgIpc) is 2.33. The summed E-state index contributed by atoms with van der Waals surface area (Å²) in [4.78, 5) is 7.67. The Morgan fingerprint density at radius 2 is 2.15 bits per heavy atom. The van der Waals surface area contributed by atoms with E-state index in [1.807, 2.05) is 13.8 Å². The summed E-state index contributed by atoms with van der Waals surface area (Å²) >= 11 is 0. The average molecular weight is 289 g/mol. The molecular weight excluding hydrogens is 271 g/mol. The number of aromatic nitrogens is 1. The molecule has 0 unspecified atom stereocenters. The zero-order chi connectivity index (χ0) is 15.2. The Morgan fingerprint density at radius 1 is 1.45 bits per heavy atom. The van der Waals surface area contributed by atoms with Gasteiger partial charge in [0.1, 0.15) is 5.82 Å². The highest BCUT2D eigenvalue weighted by Crippen LogP contribution is 2.33. The van der Waals surface area contributed by atoms with E-state index < -0.39 is 11.7 Å². The quantitative estimate of drug-likeness (QED) is 0.439. The minimum Gasteiger partial charge on any atom is -0.370 e. The maximum absolute atomic E-state index is 12.7. The Kier molecular flexibility index (Phi) is 5.60. The van der Waals surface area contributed by atoms with Crippen LogP contribution in [0.5, 0.6) is 0 Å². The number of hydrogen-bond acceptors (Lipinski definition) is 3. The molecule has 8 heteroatoms. The van der Waals surface area contributed by atoms with Gasteiger partial charge < -0.3 is 16.4 Å². The second-order valence-corrected chi connectivity index (χ2v) is 4.39. The molecule has 0 amide bonds. The standard InChI is InChI=1S/C12H18F3N5/c1-8(2)20-11(16)19-7-6-18-10-9(12(13,14)15)4-3-5-17-10/h3-5,8H,6-7H2,1-2H3,(H,17,18)(H3,16,19,20). The monoisotopic (exact) mass is 289 g/mol. The number of halogens is 3. The van der Waals surface area contributed by atoms with Gasteiger partial charge in [-0.05, 0) is 26.0 Å². The lowest BCUT2D eigenvalue weighted by molar-refractivity contribution is -0.137. The number of guanidine groups is 1. The smallest absolute Gasteiger partial charge is 0.370 e. The Hall–Kier alpha value is -1.99. The third-order valence-corrected chi connectivity index (χ3v) is 2.24.